The molecule has 0 radical (unpaired) electrons. The lowest BCUT2D eigenvalue weighted by Crippen LogP contribution is -2.10. The van der Waals surface area contributed by atoms with E-state index in [-0.39, 0.29) is 33.9 Å². The molecule has 0 amide bonds. The van der Waals surface area contributed by atoms with E-state index in [0.29, 0.717) is 13.2 Å². The molecule has 252 valence electrons. The first-order chi connectivity index (χ1) is 19.1. The van der Waals surface area contributed by atoms with Crippen LogP contribution < -0.4 is 0 Å². The zero-order chi connectivity index (χ0) is 30.2. The van der Waals surface area contributed by atoms with Crippen molar-refractivity contribution in [1.29, 1.82) is 0 Å². The van der Waals surface area contributed by atoms with Gasteiger partial charge in [0.15, 0.2) is 0 Å². The summed E-state index contributed by atoms with van der Waals surface area (Å²) >= 11 is 0. The zero-order valence-electron chi connectivity index (χ0n) is 25.3. The number of ether oxygens (including phenoxy) is 2. The Bertz CT molecular complexity index is 640. The largest absolute Gasteiger partial charge is 0.726 e. The SMILES string of the molecule is C.CCCCCCCCCCCCOCCOS(=O)(=O)[O-].CCCCCCCCCCCCOCCOS(=O)(=O)[O-]. The fourth-order valence-electron chi connectivity index (χ4n) is 3.98. The van der Waals surface area contributed by atoms with Crippen molar-refractivity contribution in [1.82, 2.24) is 0 Å². The Hall–Kier alpha value is -0.340. The van der Waals surface area contributed by atoms with E-state index in [1.54, 1.807) is 0 Å². The van der Waals surface area contributed by atoms with Crippen LogP contribution in [0.2, 0.25) is 0 Å². The summed E-state index contributed by atoms with van der Waals surface area (Å²) in [5.41, 5.74) is 0. The van der Waals surface area contributed by atoms with Gasteiger partial charge in [0.1, 0.15) is 0 Å². The van der Waals surface area contributed by atoms with Crippen LogP contribution in [0.15, 0.2) is 0 Å². The molecule has 0 fully saturated rings. The monoisotopic (exact) mass is 634 g/mol. The molecule has 0 heterocycles. The predicted octanol–water partition coefficient (Wildman–Crippen LogP) is 7.44. The Kier molecular flexibility index (Phi) is 37.6. The molecule has 0 aromatic rings. The summed E-state index contributed by atoms with van der Waals surface area (Å²) in [7, 11) is -9.14. The average Bonchev–Trinajstić information content (AvgIpc) is 2.88. The van der Waals surface area contributed by atoms with Crippen molar-refractivity contribution in [3.05, 3.63) is 0 Å². The molecule has 0 aromatic heterocycles. The zero-order valence-corrected chi connectivity index (χ0v) is 26.9. The van der Waals surface area contributed by atoms with E-state index in [4.69, 9.17) is 9.47 Å². The summed E-state index contributed by atoms with van der Waals surface area (Å²) in [5, 5.41) is 0. The molecule has 0 bridgehead atoms. The van der Waals surface area contributed by atoms with Gasteiger partial charge in [-0.15, -0.1) is 0 Å². The number of hydrogen-bond donors (Lipinski definition) is 0. The molecule has 0 atom stereocenters. The lowest BCUT2D eigenvalue weighted by Gasteiger charge is -2.08. The Morgan fingerprint density at radius 3 is 0.878 bits per heavy atom. The van der Waals surface area contributed by atoms with Gasteiger partial charge in [0.2, 0.25) is 20.8 Å². The molecule has 0 aromatic carbocycles. The molecule has 41 heavy (non-hydrogen) atoms. The van der Waals surface area contributed by atoms with E-state index in [1.165, 1.54) is 103 Å². The third-order valence-electron chi connectivity index (χ3n) is 6.20. The van der Waals surface area contributed by atoms with Crippen LogP contribution in [0.25, 0.3) is 0 Å². The van der Waals surface area contributed by atoms with Crippen molar-refractivity contribution in [3.8, 4) is 0 Å². The molecular formula is C29H62O10S2-2. The topological polar surface area (TPSA) is 151 Å². The van der Waals surface area contributed by atoms with E-state index < -0.39 is 20.8 Å². The molecule has 0 saturated carbocycles. The number of rotatable bonds is 30. The first-order valence-electron chi connectivity index (χ1n) is 15.5. The summed E-state index contributed by atoms with van der Waals surface area (Å²) in [6.45, 7) is 5.57. The van der Waals surface area contributed by atoms with Gasteiger partial charge in [0, 0.05) is 13.2 Å². The van der Waals surface area contributed by atoms with Crippen molar-refractivity contribution < 1.29 is 43.8 Å². The van der Waals surface area contributed by atoms with E-state index in [2.05, 4.69) is 22.2 Å². The fourth-order valence-corrected chi connectivity index (χ4v) is 4.52. The fraction of sp³-hybridized carbons (Fsp3) is 1.00. The Balaban J connectivity index is -0.000000688. The van der Waals surface area contributed by atoms with Gasteiger partial charge in [-0.1, -0.05) is 137 Å². The second-order valence-electron chi connectivity index (χ2n) is 10.0. The van der Waals surface area contributed by atoms with E-state index >= 15 is 0 Å². The molecule has 0 unspecified atom stereocenters. The molecule has 12 heteroatoms. The van der Waals surface area contributed by atoms with Gasteiger partial charge < -0.3 is 18.6 Å². The average molecular weight is 635 g/mol. The summed E-state index contributed by atoms with van der Waals surface area (Å²) in [6.07, 6.45) is 25.3. The summed E-state index contributed by atoms with van der Waals surface area (Å²) in [6, 6.07) is 0. The Morgan fingerprint density at radius 1 is 0.390 bits per heavy atom. The summed E-state index contributed by atoms with van der Waals surface area (Å²) < 4.78 is 79.1. The van der Waals surface area contributed by atoms with Gasteiger partial charge in [0.25, 0.3) is 0 Å². The second-order valence-corrected chi connectivity index (χ2v) is 12.2. The smallest absolute Gasteiger partial charge is 0.217 e. The minimum atomic E-state index is -4.57. The van der Waals surface area contributed by atoms with Crippen LogP contribution in [0.5, 0.6) is 0 Å². The van der Waals surface area contributed by atoms with Crippen molar-refractivity contribution in [2.45, 2.75) is 150 Å². The van der Waals surface area contributed by atoms with Crippen LogP contribution in [-0.2, 0) is 38.6 Å². The highest BCUT2D eigenvalue weighted by Gasteiger charge is 1.97. The van der Waals surface area contributed by atoms with Gasteiger partial charge >= 0.3 is 0 Å². The molecular weight excluding hydrogens is 572 g/mol. The highest BCUT2D eigenvalue weighted by Crippen LogP contribution is 2.11. The van der Waals surface area contributed by atoms with Gasteiger partial charge in [0.05, 0.1) is 26.4 Å². The van der Waals surface area contributed by atoms with Crippen molar-refractivity contribution >= 4 is 20.8 Å². The third kappa shape index (κ3) is 49.6. The van der Waals surface area contributed by atoms with Gasteiger partial charge in [-0.25, -0.2) is 16.8 Å². The van der Waals surface area contributed by atoms with Gasteiger partial charge in [-0.3, -0.25) is 8.37 Å². The molecule has 0 aliphatic rings. The minimum absolute atomic E-state index is 0. The normalized spacial score (nSPS) is 11.6. The Morgan fingerprint density at radius 2 is 0.634 bits per heavy atom. The van der Waals surface area contributed by atoms with Crippen molar-refractivity contribution in [3.63, 3.8) is 0 Å². The molecule has 0 aliphatic carbocycles. The second kappa shape index (κ2) is 34.2. The first-order valence-corrected chi connectivity index (χ1v) is 18.1. The minimum Gasteiger partial charge on any atom is -0.726 e. The van der Waals surface area contributed by atoms with Gasteiger partial charge in [-0.2, -0.15) is 0 Å². The molecule has 0 spiro atoms. The highest BCUT2D eigenvalue weighted by atomic mass is 32.3. The van der Waals surface area contributed by atoms with E-state index in [0.717, 1.165) is 25.7 Å². The van der Waals surface area contributed by atoms with Crippen LogP contribution in [0.3, 0.4) is 0 Å². The quantitative estimate of drug-likeness (QED) is 0.0443. The third-order valence-corrected chi connectivity index (χ3v) is 7.11. The van der Waals surface area contributed by atoms with Crippen LogP contribution in [0.4, 0.5) is 0 Å². The molecule has 0 saturated heterocycles. The maximum atomic E-state index is 10.1. The lowest BCUT2D eigenvalue weighted by molar-refractivity contribution is 0.0939. The number of hydrogen-bond acceptors (Lipinski definition) is 10. The maximum absolute atomic E-state index is 10.1. The van der Waals surface area contributed by atoms with Crippen molar-refractivity contribution in [2.75, 3.05) is 39.6 Å². The molecule has 0 aliphatic heterocycles. The summed E-state index contributed by atoms with van der Waals surface area (Å²) in [5.74, 6) is 0. The number of unbranched alkanes of at least 4 members (excludes halogenated alkanes) is 18. The van der Waals surface area contributed by atoms with Crippen LogP contribution in [-0.4, -0.2) is 65.6 Å². The predicted molar refractivity (Wildman–Crippen MR) is 163 cm³/mol. The maximum Gasteiger partial charge on any atom is 0.217 e. The van der Waals surface area contributed by atoms with E-state index in [1.807, 2.05) is 0 Å². The van der Waals surface area contributed by atoms with Crippen LogP contribution >= 0.6 is 0 Å². The van der Waals surface area contributed by atoms with Crippen LogP contribution in [0.1, 0.15) is 150 Å². The molecule has 0 rings (SSSR count). The Labute approximate surface area is 253 Å². The highest BCUT2D eigenvalue weighted by molar-refractivity contribution is 7.81. The van der Waals surface area contributed by atoms with Gasteiger partial charge in [-0.05, 0) is 12.8 Å². The lowest BCUT2D eigenvalue weighted by atomic mass is 10.1. The van der Waals surface area contributed by atoms with Crippen molar-refractivity contribution in [2.24, 2.45) is 0 Å². The molecule has 10 nitrogen and oxygen atoms in total. The summed E-state index contributed by atoms with van der Waals surface area (Å²) in [4.78, 5) is 0. The van der Waals surface area contributed by atoms with E-state index in [9.17, 15) is 25.9 Å². The standard InChI is InChI=1S/2C14H30O5S.CH4/c2*1-2-3-4-5-6-7-8-9-10-11-12-18-13-14-19-20(15,16)17;/h2*2-14H2,1H3,(H,15,16,17);1H4/p-2. The first kappa shape index (κ1) is 45.1. The molecule has 0 N–H and O–H groups in total. The van der Waals surface area contributed by atoms with Crippen LogP contribution in [0, 0.1) is 0 Å².